The lowest BCUT2D eigenvalue weighted by Gasteiger charge is -2.22. The van der Waals surface area contributed by atoms with Gasteiger partial charge in [-0.1, -0.05) is 47.6 Å². The first-order chi connectivity index (χ1) is 15.0. The van der Waals surface area contributed by atoms with Gasteiger partial charge in [0.05, 0.1) is 12.2 Å². The molecule has 0 spiro atoms. The van der Waals surface area contributed by atoms with Crippen LogP contribution in [0.15, 0.2) is 71.5 Å². The number of hydrogen-bond donors (Lipinski definition) is 1. The van der Waals surface area contributed by atoms with Gasteiger partial charge in [0.15, 0.2) is 5.76 Å². The second-order valence-corrected chi connectivity index (χ2v) is 7.30. The third-order valence-electron chi connectivity index (χ3n) is 5.25. The number of aromatic nitrogens is 5. The van der Waals surface area contributed by atoms with E-state index in [1.807, 2.05) is 36.4 Å². The van der Waals surface area contributed by atoms with Gasteiger partial charge >= 0.3 is 6.03 Å². The maximum atomic E-state index is 13.3. The number of hydrogen-bond acceptors (Lipinski definition) is 7. The van der Waals surface area contributed by atoms with Crippen LogP contribution in [-0.4, -0.2) is 42.2 Å². The highest BCUT2D eigenvalue weighted by atomic mass is 16.5. The van der Waals surface area contributed by atoms with Crippen LogP contribution >= 0.6 is 0 Å². The van der Waals surface area contributed by atoms with Gasteiger partial charge in [0.1, 0.15) is 17.6 Å². The highest BCUT2D eigenvalue weighted by Crippen LogP contribution is 2.31. The van der Waals surface area contributed by atoms with Crippen molar-refractivity contribution >= 4 is 11.9 Å². The van der Waals surface area contributed by atoms with Crippen molar-refractivity contribution in [1.29, 1.82) is 0 Å². The van der Waals surface area contributed by atoms with E-state index in [2.05, 4.69) is 26.0 Å². The number of benzene rings is 2. The maximum Gasteiger partial charge on any atom is 0.325 e. The van der Waals surface area contributed by atoms with Gasteiger partial charge in [0, 0.05) is 11.6 Å². The second kappa shape index (κ2) is 7.17. The number of amides is 3. The lowest BCUT2D eigenvalue weighted by Crippen LogP contribution is -2.40. The average molecular weight is 415 g/mol. The van der Waals surface area contributed by atoms with Gasteiger partial charge < -0.3 is 9.84 Å². The molecule has 0 unspecified atom stereocenters. The number of carbonyl (C=O) groups excluding carboxylic acids is 2. The fourth-order valence-electron chi connectivity index (χ4n) is 3.56. The molecule has 0 radical (unpaired) electrons. The summed E-state index contributed by atoms with van der Waals surface area (Å²) in [6.45, 7) is 1.67. The summed E-state index contributed by atoms with van der Waals surface area (Å²) in [5.41, 5.74) is 1.41. The molecule has 1 atom stereocenters. The smallest absolute Gasteiger partial charge is 0.325 e. The van der Waals surface area contributed by atoms with Crippen molar-refractivity contribution in [2.75, 3.05) is 0 Å². The standard InChI is InChI=1S/C21H17N7O3/c1-21(15-8-5-9-17(10-15)28-13-22-25-26-28)19(29)27(20(30)23-21)12-16-11-18(31-24-16)14-6-3-2-4-7-14/h2-11,13H,12H2,1H3,(H,23,30)/t21-/m1/s1. The van der Waals surface area contributed by atoms with Crippen LogP contribution in [0.2, 0.25) is 0 Å². The molecule has 2 aromatic heterocycles. The predicted molar refractivity (Wildman–Crippen MR) is 108 cm³/mol. The van der Waals surface area contributed by atoms with Crippen molar-refractivity contribution in [2.45, 2.75) is 19.0 Å². The zero-order valence-electron chi connectivity index (χ0n) is 16.5. The van der Waals surface area contributed by atoms with Crippen LogP contribution in [0.4, 0.5) is 4.79 Å². The van der Waals surface area contributed by atoms with E-state index in [9.17, 15) is 9.59 Å². The molecule has 154 valence electrons. The summed E-state index contributed by atoms with van der Waals surface area (Å²) in [7, 11) is 0. The summed E-state index contributed by atoms with van der Waals surface area (Å²) >= 11 is 0. The first-order valence-electron chi connectivity index (χ1n) is 9.53. The molecule has 0 aliphatic carbocycles. The van der Waals surface area contributed by atoms with Gasteiger partial charge in [-0.15, -0.1) is 5.10 Å². The van der Waals surface area contributed by atoms with Gasteiger partial charge in [0.2, 0.25) is 0 Å². The highest BCUT2D eigenvalue weighted by molar-refractivity contribution is 6.07. The van der Waals surface area contributed by atoms with Crippen LogP contribution in [0.25, 0.3) is 17.0 Å². The van der Waals surface area contributed by atoms with Crippen molar-refractivity contribution in [3.8, 4) is 17.0 Å². The van der Waals surface area contributed by atoms with Crippen molar-refractivity contribution in [1.82, 2.24) is 35.6 Å². The molecule has 0 saturated carbocycles. The molecule has 2 aromatic carbocycles. The topological polar surface area (TPSA) is 119 Å². The molecule has 1 aliphatic heterocycles. The summed E-state index contributed by atoms with van der Waals surface area (Å²) < 4.78 is 6.86. The molecule has 1 aliphatic rings. The molecule has 1 fully saturated rings. The van der Waals surface area contributed by atoms with Crippen molar-refractivity contribution in [3.63, 3.8) is 0 Å². The van der Waals surface area contributed by atoms with Crippen LogP contribution in [-0.2, 0) is 16.9 Å². The number of tetrazole rings is 1. The lowest BCUT2D eigenvalue weighted by molar-refractivity contribution is -0.131. The number of rotatable bonds is 5. The van der Waals surface area contributed by atoms with E-state index >= 15 is 0 Å². The van der Waals surface area contributed by atoms with Crippen LogP contribution in [0, 0.1) is 0 Å². The molecule has 3 amide bonds. The third kappa shape index (κ3) is 3.23. The fourth-order valence-corrected chi connectivity index (χ4v) is 3.56. The zero-order valence-corrected chi connectivity index (χ0v) is 16.5. The van der Waals surface area contributed by atoms with E-state index in [-0.39, 0.29) is 12.5 Å². The van der Waals surface area contributed by atoms with Gasteiger partial charge in [-0.2, -0.15) is 0 Å². The molecule has 5 rings (SSSR count). The number of urea groups is 1. The van der Waals surface area contributed by atoms with Crippen molar-refractivity contribution in [2.24, 2.45) is 0 Å². The summed E-state index contributed by atoms with van der Waals surface area (Å²) in [5, 5.41) is 17.9. The largest absolute Gasteiger partial charge is 0.356 e. The average Bonchev–Trinajstić information content (AvgIpc) is 3.53. The summed E-state index contributed by atoms with van der Waals surface area (Å²) in [4.78, 5) is 27.1. The van der Waals surface area contributed by atoms with E-state index < -0.39 is 11.6 Å². The number of carbonyl (C=O) groups is 2. The summed E-state index contributed by atoms with van der Waals surface area (Å²) in [6.07, 6.45) is 1.46. The Morgan fingerprint density at radius 1 is 1.06 bits per heavy atom. The van der Waals surface area contributed by atoms with Crippen LogP contribution in [0.1, 0.15) is 18.2 Å². The SMILES string of the molecule is C[C@]1(c2cccc(-n3cnnn3)c2)NC(=O)N(Cc2cc(-c3ccccc3)on2)C1=O. The minimum Gasteiger partial charge on any atom is -0.356 e. The molecule has 10 nitrogen and oxygen atoms in total. The Labute approximate surface area is 176 Å². The Balaban J connectivity index is 1.40. The minimum atomic E-state index is -1.23. The van der Waals surface area contributed by atoms with Crippen molar-refractivity contribution < 1.29 is 14.1 Å². The Morgan fingerprint density at radius 3 is 2.68 bits per heavy atom. The van der Waals surface area contributed by atoms with E-state index in [0.29, 0.717) is 22.7 Å². The quantitative estimate of drug-likeness (QED) is 0.497. The van der Waals surface area contributed by atoms with Crippen LogP contribution in [0.3, 0.4) is 0 Å². The molecule has 4 aromatic rings. The Kier molecular flexibility index (Phi) is 4.32. The molecular weight excluding hydrogens is 398 g/mol. The van der Waals surface area contributed by atoms with Crippen LogP contribution in [0.5, 0.6) is 0 Å². The van der Waals surface area contributed by atoms with Crippen LogP contribution < -0.4 is 5.32 Å². The van der Waals surface area contributed by atoms with E-state index in [4.69, 9.17) is 4.52 Å². The summed E-state index contributed by atoms with van der Waals surface area (Å²) in [6, 6.07) is 17.8. The monoisotopic (exact) mass is 415 g/mol. The van der Waals surface area contributed by atoms with E-state index in [1.165, 1.54) is 11.0 Å². The van der Waals surface area contributed by atoms with E-state index in [1.54, 1.807) is 31.2 Å². The number of nitrogens with zero attached hydrogens (tertiary/aromatic N) is 6. The first kappa shape index (κ1) is 18.7. The Morgan fingerprint density at radius 2 is 1.90 bits per heavy atom. The molecule has 0 bridgehead atoms. The predicted octanol–water partition coefficient (Wildman–Crippen LogP) is 2.28. The zero-order chi connectivity index (χ0) is 21.4. The Hall–Kier alpha value is -4.34. The first-order valence-corrected chi connectivity index (χ1v) is 9.53. The molecule has 1 saturated heterocycles. The van der Waals surface area contributed by atoms with Gasteiger partial charge in [-0.25, -0.2) is 9.48 Å². The Bertz CT molecular complexity index is 1250. The minimum absolute atomic E-state index is 0.00325. The van der Waals surface area contributed by atoms with Gasteiger partial charge in [0.25, 0.3) is 5.91 Å². The maximum absolute atomic E-state index is 13.3. The molecule has 3 heterocycles. The summed E-state index contributed by atoms with van der Waals surface area (Å²) in [5.74, 6) is 0.190. The van der Waals surface area contributed by atoms with Crippen molar-refractivity contribution in [3.05, 3.63) is 78.2 Å². The molecule has 10 heteroatoms. The lowest BCUT2D eigenvalue weighted by atomic mass is 9.91. The highest BCUT2D eigenvalue weighted by Gasteiger charge is 2.49. The second-order valence-electron chi connectivity index (χ2n) is 7.30. The van der Waals surface area contributed by atoms with Gasteiger partial charge in [-0.05, 0) is 35.0 Å². The number of imide groups is 1. The molecule has 1 N–H and O–H groups in total. The normalized spacial score (nSPS) is 18.4. The fraction of sp³-hybridized carbons (Fsp3) is 0.143. The molecule has 31 heavy (non-hydrogen) atoms. The van der Waals surface area contributed by atoms with E-state index in [0.717, 1.165) is 10.5 Å². The number of nitrogens with one attached hydrogen (secondary N) is 1. The molecular formula is C21H17N7O3. The third-order valence-corrected chi connectivity index (χ3v) is 5.25. The van der Waals surface area contributed by atoms with Gasteiger partial charge in [-0.3, -0.25) is 9.69 Å².